The Balaban J connectivity index is 2.11. The molecule has 0 aliphatic carbocycles. The van der Waals surface area contributed by atoms with Crippen molar-refractivity contribution >= 4 is 23.2 Å². The van der Waals surface area contributed by atoms with E-state index in [1.54, 1.807) is 17.1 Å². The normalized spacial score (nSPS) is 10.7. The van der Waals surface area contributed by atoms with Crippen molar-refractivity contribution in [3.8, 4) is 0 Å². The molecule has 1 amide bonds. The monoisotopic (exact) mass is 265 g/mol. The fraction of sp³-hybridized carbons (Fsp3) is 0.273. The number of hydrogen-bond donors (Lipinski definition) is 1. The number of amides is 1. The van der Waals surface area contributed by atoms with Crippen LogP contribution in [0.25, 0.3) is 0 Å². The number of carbonyl (C=O) groups excluding carboxylic acids is 1. The lowest BCUT2D eigenvalue weighted by molar-refractivity contribution is 0.102. The second kappa shape index (κ2) is 5.14. The minimum Gasteiger partial charge on any atom is -0.318 e. The van der Waals surface area contributed by atoms with Gasteiger partial charge in [-0.15, -0.1) is 0 Å². The van der Waals surface area contributed by atoms with E-state index in [-0.39, 0.29) is 22.8 Å². The number of hydrogen-bond acceptors (Lipinski definition) is 4. The molecule has 0 aliphatic rings. The first-order valence-corrected chi connectivity index (χ1v) is 5.77. The van der Waals surface area contributed by atoms with Gasteiger partial charge in [-0.2, -0.15) is 5.10 Å². The molecule has 0 radical (unpaired) electrons. The summed E-state index contributed by atoms with van der Waals surface area (Å²) in [4.78, 5) is 19.5. The summed E-state index contributed by atoms with van der Waals surface area (Å²) in [6.45, 7) is 4.00. The Hall–Kier alpha value is -1.95. The smallest absolute Gasteiger partial charge is 0.276 e. The fourth-order valence-electron chi connectivity index (χ4n) is 1.33. The van der Waals surface area contributed by atoms with E-state index < -0.39 is 0 Å². The van der Waals surface area contributed by atoms with E-state index in [9.17, 15) is 4.79 Å². The summed E-state index contributed by atoms with van der Waals surface area (Å²) in [7, 11) is 0. The number of halogens is 1. The van der Waals surface area contributed by atoms with Crippen molar-refractivity contribution in [3.63, 3.8) is 0 Å². The lowest BCUT2D eigenvalue weighted by Crippen LogP contribution is -2.13. The number of carbonyl (C=O) groups is 1. The highest BCUT2D eigenvalue weighted by atomic mass is 35.5. The molecule has 0 saturated carbocycles. The first-order valence-electron chi connectivity index (χ1n) is 5.39. The van der Waals surface area contributed by atoms with Gasteiger partial charge in [0.25, 0.3) is 5.91 Å². The minimum absolute atomic E-state index is 0.166. The van der Waals surface area contributed by atoms with Gasteiger partial charge in [-0.05, 0) is 13.8 Å². The van der Waals surface area contributed by atoms with Crippen LogP contribution < -0.4 is 5.32 Å². The number of nitrogens with one attached hydrogen (secondary N) is 1. The number of anilines is 1. The van der Waals surface area contributed by atoms with Gasteiger partial charge in [-0.3, -0.25) is 14.5 Å². The van der Waals surface area contributed by atoms with Crippen LogP contribution >= 0.6 is 11.6 Å². The summed E-state index contributed by atoms with van der Waals surface area (Å²) >= 11 is 5.67. The van der Waals surface area contributed by atoms with Gasteiger partial charge in [0.2, 0.25) is 0 Å². The number of aromatic nitrogens is 4. The van der Waals surface area contributed by atoms with E-state index in [1.165, 1.54) is 12.4 Å². The molecule has 0 aromatic carbocycles. The molecule has 0 fully saturated rings. The zero-order chi connectivity index (χ0) is 13.1. The lowest BCUT2D eigenvalue weighted by atomic mass is 10.4. The van der Waals surface area contributed by atoms with Crippen LogP contribution in [0.1, 0.15) is 30.4 Å². The van der Waals surface area contributed by atoms with Crippen molar-refractivity contribution in [2.24, 2.45) is 0 Å². The Kier molecular flexibility index (Phi) is 3.57. The summed E-state index contributed by atoms with van der Waals surface area (Å²) < 4.78 is 1.75. The van der Waals surface area contributed by atoms with Gasteiger partial charge in [0.05, 0.1) is 24.3 Å². The van der Waals surface area contributed by atoms with Gasteiger partial charge < -0.3 is 5.32 Å². The molecule has 7 heteroatoms. The van der Waals surface area contributed by atoms with Gasteiger partial charge in [0.15, 0.2) is 0 Å². The molecule has 2 aromatic rings. The van der Waals surface area contributed by atoms with Crippen molar-refractivity contribution < 1.29 is 4.79 Å². The maximum atomic E-state index is 11.8. The van der Waals surface area contributed by atoms with Crippen molar-refractivity contribution in [1.82, 2.24) is 19.7 Å². The molecule has 18 heavy (non-hydrogen) atoms. The van der Waals surface area contributed by atoms with Crippen LogP contribution in [0.2, 0.25) is 5.15 Å². The lowest BCUT2D eigenvalue weighted by Gasteiger charge is -2.03. The maximum Gasteiger partial charge on any atom is 0.276 e. The molecule has 0 saturated heterocycles. The molecule has 2 aromatic heterocycles. The van der Waals surface area contributed by atoms with Gasteiger partial charge in [-0.1, -0.05) is 11.6 Å². The SMILES string of the molecule is CC(C)n1cc(NC(=O)c2cncc(Cl)n2)cn1. The maximum absolute atomic E-state index is 11.8. The average molecular weight is 266 g/mol. The topological polar surface area (TPSA) is 72.7 Å². The zero-order valence-corrected chi connectivity index (χ0v) is 10.7. The highest BCUT2D eigenvalue weighted by molar-refractivity contribution is 6.29. The summed E-state index contributed by atoms with van der Waals surface area (Å²) in [5.41, 5.74) is 0.773. The predicted molar refractivity (Wildman–Crippen MR) is 67.6 cm³/mol. The van der Waals surface area contributed by atoms with Crippen LogP contribution in [0.15, 0.2) is 24.8 Å². The Bertz CT molecular complexity index is 566. The fourth-order valence-corrected chi connectivity index (χ4v) is 1.48. The third kappa shape index (κ3) is 2.84. The average Bonchev–Trinajstić information content (AvgIpc) is 2.77. The molecule has 6 nitrogen and oxygen atoms in total. The van der Waals surface area contributed by atoms with E-state index in [0.29, 0.717) is 5.69 Å². The first-order chi connectivity index (χ1) is 8.56. The third-order valence-electron chi connectivity index (χ3n) is 2.23. The van der Waals surface area contributed by atoms with Crippen LogP contribution in [-0.4, -0.2) is 25.7 Å². The first kappa shape index (κ1) is 12.5. The van der Waals surface area contributed by atoms with Gasteiger partial charge >= 0.3 is 0 Å². The number of nitrogens with zero attached hydrogens (tertiary/aromatic N) is 4. The van der Waals surface area contributed by atoms with E-state index in [2.05, 4.69) is 20.4 Å². The molecule has 0 aliphatic heterocycles. The van der Waals surface area contributed by atoms with Gasteiger partial charge in [-0.25, -0.2) is 4.98 Å². The van der Waals surface area contributed by atoms with E-state index in [0.717, 1.165) is 0 Å². The van der Waals surface area contributed by atoms with Gasteiger partial charge in [0, 0.05) is 12.2 Å². The summed E-state index contributed by atoms with van der Waals surface area (Å²) in [6.07, 6.45) is 6.06. The highest BCUT2D eigenvalue weighted by Gasteiger charge is 2.10. The Morgan fingerprint density at radius 1 is 1.39 bits per heavy atom. The number of rotatable bonds is 3. The molecule has 1 N–H and O–H groups in total. The van der Waals surface area contributed by atoms with E-state index >= 15 is 0 Å². The summed E-state index contributed by atoms with van der Waals surface area (Å²) in [6, 6.07) is 0.238. The van der Waals surface area contributed by atoms with Crippen molar-refractivity contribution in [2.75, 3.05) is 5.32 Å². The predicted octanol–water partition coefficient (Wildman–Crippen LogP) is 2.16. The Labute approximate surface area is 109 Å². The molecular formula is C11H12ClN5O. The quantitative estimate of drug-likeness (QED) is 0.923. The Morgan fingerprint density at radius 3 is 2.78 bits per heavy atom. The zero-order valence-electron chi connectivity index (χ0n) is 9.96. The van der Waals surface area contributed by atoms with Crippen molar-refractivity contribution in [2.45, 2.75) is 19.9 Å². The molecular weight excluding hydrogens is 254 g/mol. The van der Waals surface area contributed by atoms with Crippen molar-refractivity contribution in [1.29, 1.82) is 0 Å². The van der Waals surface area contributed by atoms with Crippen molar-refractivity contribution in [3.05, 3.63) is 35.6 Å². The molecule has 0 bridgehead atoms. The molecule has 94 valence electrons. The van der Waals surface area contributed by atoms with Crippen LogP contribution in [0.4, 0.5) is 5.69 Å². The largest absolute Gasteiger partial charge is 0.318 e. The minimum atomic E-state index is -0.367. The van der Waals surface area contributed by atoms with Crippen LogP contribution in [0, 0.1) is 0 Å². The molecule has 0 spiro atoms. The van der Waals surface area contributed by atoms with Crippen LogP contribution in [0.5, 0.6) is 0 Å². The molecule has 0 unspecified atom stereocenters. The van der Waals surface area contributed by atoms with Crippen LogP contribution in [-0.2, 0) is 0 Å². The second-order valence-electron chi connectivity index (χ2n) is 3.98. The Morgan fingerprint density at radius 2 is 2.17 bits per heavy atom. The summed E-state index contributed by atoms with van der Waals surface area (Å²) in [5, 5.41) is 6.98. The standard InChI is InChI=1S/C11H12ClN5O/c1-7(2)17-6-8(3-14-17)15-11(18)9-4-13-5-10(12)16-9/h3-7H,1-2H3,(H,15,18). The molecule has 2 rings (SSSR count). The highest BCUT2D eigenvalue weighted by Crippen LogP contribution is 2.11. The van der Waals surface area contributed by atoms with E-state index in [4.69, 9.17) is 11.6 Å². The summed E-state index contributed by atoms with van der Waals surface area (Å²) in [5.74, 6) is -0.367. The molecule has 2 heterocycles. The second-order valence-corrected chi connectivity index (χ2v) is 4.37. The third-order valence-corrected chi connectivity index (χ3v) is 2.41. The molecule has 0 atom stereocenters. The van der Waals surface area contributed by atoms with Crippen LogP contribution in [0.3, 0.4) is 0 Å². The van der Waals surface area contributed by atoms with E-state index in [1.807, 2.05) is 13.8 Å². The van der Waals surface area contributed by atoms with Gasteiger partial charge in [0.1, 0.15) is 10.8 Å².